The van der Waals surface area contributed by atoms with Gasteiger partial charge in [-0.25, -0.2) is 15.0 Å². The number of benzene rings is 3. The maximum absolute atomic E-state index is 12.6. The van der Waals surface area contributed by atoms with Crippen LogP contribution in [0.15, 0.2) is 77.8 Å². The number of hydrogen-bond donors (Lipinski definition) is 1. The smallest absolute Gasteiger partial charge is 0.275 e. The minimum Gasteiger partial charge on any atom is -0.320 e. The number of carbonyl (C=O) groups excluding carboxylic acids is 1. The Morgan fingerprint density at radius 3 is 2.03 bits per heavy atom. The predicted molar refractivity (Wildman–Crippen MR) is 131 cm³/mol. The highest BCUT2D eigenvalue weighted by Gasteiger charge is 2.27. The van der Waals surface area contributed by atoms with Gasteiger partial charge in [-0.05, 0) is 48.5 Å². The largest absolute Gasteiger partial charge is 0.320 e. The van der Waals surface area contributed by atoms with Crippen molar-refractivity contribution in [1.29, 1.82) is 0 Å². The lowest BCUT2D eigenvalue weighted by molar-refractivity contribution is -0.384. The maximum Gasteiger partial charge on any atom is 0.275 e. The van der Waals surface area contributed by atoms with Gasteiger partial charge in [-0.1, -0.05) is 35.3 Å². The summed E-state index contributed by atoms with van der Waals surface area (Å²) in [6.45, 7) is 0. The number of rotatable bonds is 4. The van der Waals surface area contributed by atoms with Crippen LogP contribution in [0.3, 0.4) is 0 Å². The van der Waals surface area contributed by atoms with Crippen molar-refractivity contribution in [3.63, 3.8) is 0 Å². The number of halogens is 2. The average Bonchev–Trinajstić information content (AvgIpc) is 3.13. The van der Waals surface area contributed by atoms with E-state index in [4.69, 9.17) is 23.2 Å². The van der Waals surface area contributed by atoms with Gasteiger partial charge in [0.1, 0.15) is 5.71 Å². The van der Waals surface area contributed by atoms with Crippen molar-refractivity contribution in [3.05, 3.63) is 98.5 Å². The number of aromatic nitrogens is 2. The molecule has 1 amide bonds. The molecule has 0 radical (unpaired) electrons. The van der Waals surface area contributed by atoms with E-state index >= 15 is 0 Å². The molecule has 4 aromatic rings. The van der Waals surface area contributed by atoms with E-state index in [0.717, 1.165) is 5.56 Å². The molecule has 1 aromatic heterocycles. The lowest BCUT2D eigenvalue weighted by Gasteiger charge is -2.07. The van der Waals surface area contributed by atoms with Crippen molar-refractivity contribution in [2.75, 3.05) is 5.32 Å². The van der Waals surface area contributed by atoms with E-state index in [0.29, 0.717) is 38.2 Å². The van der Waals surface area contributed by atoms with Crippen molar-refractivity contribution in [2.24, 2.45) is 4.99 Å². The zero-order valence-electron chi connectivity index (χ0n) is 17.2. The van der Waals surface area contributed by atoms with E-state index in [9.17, 15) is 14.9 Å². The van der Waals surface area contributed by atoms with Crippen molar-refractivity contribution in [1.82, 2.24) is 9.97 Å². The first-order valence-corrected chi connectivity index (χ1v) is 10.7. The minimum atomic E-state index is -0.471. The van der Waals surface area contributed by atoms with Crippen molar-refractivity contribution in [2.45, 2.75) is 0 Å². The predicted octanol–water partition coefficient (Wildman–Crippen LogP) is 6.10. The molecule has 1 N–H and O–H groups in total. The first-order valence-electron chi connectivity index (χ1n) is 9.97. The molecular weight excluding hydrogens is 477 g/mol. The molecule has 1 aliphatic heterocycles. The molecule has 34 heavy (non-hydrogen) atoms. The fourth-order valence-electron chi connectivity index (χ4n) is 3.49. The van der Waals surface area contributed by atoms with Crippen LogP contribution in [0.1, 0.15) is 5.56 Å². The molecule has 0 aliphatic carbocycles. The zero-order chi connectivity index (χ0) is 23.8. The van der Waals surface area contributed by atoms with Gasteiger partial charge >= 0.3 is 0 Å². The third kappa shape index (κ3) is 4.24. The Kier molecular flexibility index (Phi) is 5.53. The van der Waals surface area contributed by atoms with Crippen LogP contribution in [-0.4, -0.2) is 26.5 Å². The number of aliphatic imine (C=N–C) groups is 1. The molecule has 0 bridgehead atoms. The molecule has 0 saturated carbocycles. The third-order valence-corrected chi connectivity index (χ3v) is 5.63. The van der Waals surface area contributed by atoms with Gasteiger partial charge in [0.2, 0.25) is 0 Å². The first kappa shape index (κ1) is 21.7. The molecule has 166 valence electrons. The lowest BCUT2D eigenvalue weighted by atomic mass is 10.1. The third-order valence-electron chi connectivity index (χ3n) is 5.14. The van der Waals surface area contributed by atoms with Gasteiger partial charge in [-0.15, -0.1) is 0 Å². The number of amides is 1. The fourth-order valence-corrected chi connectivity index (χ4v) is 3.79. The number of carbonyl (C=O) groups is 1. The summed E-state index contributed by atoms with van der Waals surface area (Å²) >= 11 is 12.1. The number of nitro groups is 1. The van der Waals surface area contributed by atoms with E-state index < -0.39 is 10.8 Å². The summed E-state index contributed by atoms with van der Waals surface area (Å²) in [4.78, 5) is 36.6. The SMILES string of the molecule is O=C1Nc2ccc(Cl)cc2/C1=N\c1nc(-c2ccc(Cl)cc2)cc(-c2ccc([N+](=O)[O-])cc2)n1. The van der Waals surface area contributed by atoms with Gasteiger partial charge in [-0.2, -0.15) is 0 Å². The summed E-state index contributed by atoms with van der Waals surface area (Å²) < 4.78 is 0. The normalized spacial score (nSPS) is 13.6. The van der Waals surface area contributed by atoms with Gasteiger partial charge in [0.25, 0.3) is 17.5 Å². The van der Waals surface area contributed by atoms with Crippen LogP contribution in [0.25, 0.3) is 22.5 Å². The second kappa shape index (κ2) is 8.66. The van der Waals surface area contributed by atoms with Crippen molar-refractivity contribution < 1.29 is 9.72 Å². The van der Waals surface area contributed by atoms with Crippen LogP contribution in [0, 0.1) is 10.1 Å². The minimum absolute atomic E-state index is 0.0349. The highest BCUT2D eigenvalue weighted by atomic mass is 35.5. The molecule has 0 saturated heterocycles. The second-order valence-electron chi connectivity index (χ2n) is 7.35. The van der Waals surface area contributed by atoms with Crippen LogP contribution in [0.5, 0.6) is 0 Å². The molecule has 0 fully saturated rings. The Labute approximate surface area is 203 Å². The standard InChI is InChI=1S/C24H13Cl2N5O3/c25-15-5-1-13(2-6-15)20-12-21(14-3-8-17(9-4-14)31(33)34)29-24(28-20)30-22-18-11-16(26)7-10-19(18)27-23(22)32/h1-12H,(H,27,28,29,30,32). The van der Waals surface area contributed by atoms with Crippen LogP contribution >= 0.6 is 23.2 Å². The van der Waals surface area contributed by atoms with E-state index in [2.05, 4.69) is 20.3 Å². The Bertz CT molecular complexity index is 1490. The van der Waals surface area contributed by atoms with Gasteiger partial charge in [0.05, 0.1) is 22.0 Å². The average molecular weight is 490 g/mol. The van der Waals surface area contributed by atoms with E-state index in [1.54, 1.807) is 60.7 Å². The number of hydrogen-bond acceptors (Lipinski definition) is 6. The fraction of sp³-hybridized carbons (Fsp3) is 0. The monoisotopic (exact) mass is 489 g/mol. The van der Waals surface area contributed by atoms with Crippen LogP contribution in [0.4, 0.5) is 17.3 Å². The molecule has 1 aliphatic rings. The van der Waals surface area contributed by atoms with Crippen molar-refractivity contribution in [3.8, 4) is 22.5 Å². The first-order chi connectivity index (χ1) is 16.4. The number of nitrogens with one attached hydrogen (secondary N) is 1. The maximum atomic E-state index is 12.6. The van der Waals surface area contributed by atoms with Crippen LogP contribution in [-0.2, 0) is 4.79 Å². The molecule has 0 atom stereocenters. The Morgan fingerprint density at radius 2 is 1.41 bits per heavy atom. The molecule has 0 unspecified atom stereocenters. The van der Waals surface area contributed by atoms with E-state index in [1.165, 1.54) is 12.1 Å². The number of anilines is 1. The molecule has 8 nitrogen and oxygen atoms in total. The Balaban J connectivity index is 1.66. The second-order valence-corrected chi connectivity index (χ2v) is 8.23. The molecule has 2 heterocycles. The summed E-state index contributed by atoms with van der Waals surface area (Å²) in [5.74, 6) is -0.339. The summed E-state index contributed by atoms with van der Waals surface area (Å²) in [7, 11) is 0. The number of nitro benzene ring substituents is 1. The van der Waals surface area contributed by atoms with Crippen LogP contribution in [0.2, 0.25) is 10.0 Å². The number of nitrogens with zero attached hydrogens (tertiary/aromatic N) is 4. The van der Waals surface area contributed by atoms with Crippen molar-refractivity contribution >= 4 is 52.1 Å². The van der Waals surface area contributed by atoms with Gasteiger partial charge in [0, 0.05) is 38.9 Å². The molecule has 10 heteroatoms. The summed E-state index contributed by atoms with van der Waals surface area (Å²) in [5, 5.41) is 14.8. The summed E-state index contributed by atoms with van der Waals surface area (Å²) in [5.41, 5.74) is 3.67. The van der Waals surface area contributed by atoms with Gasteiger partial charge in [0.15, 0.2) is 0 Å². The molecule has 5 rings (SSSR count). The number of non-ortho nitro benzene ring substituents is 1. The Morgan fingerprint density at radius 1 is 0.824 bits per heavy atom. The van der Waals surface area contributed by atoms with E-state index in [-0.39, 0.29) is 17.3 Å². The van der Waals surface area contributed by atoms with Gasteiger partial charge in [-0.3, -0.25) is 14.9 Å². The summed E-state index contributed by atoms with van der Waals surface area (Å²) in [6, 6.07) is 19.8. The zero-order valence-corrected chi connectivity index (χ0v) is 18.7. The quantitative estimate of drug-likeness (QED) is 0.275. The van der Waals surface area contributed by atoms with Gasteiger partial charge < -0.3 is 5.32 Å². The number of fused-ring (bicyclic) bond motifs is 1. The highest BCUT2D eigenvalue weighted by Crippen LogP contribution is 2.31. The Hall–Kier alpha value is -4.14. The topological polar surface area (TPSA) is 110 Å². The van der Waals surface area contributed by atoms with Crippen LogP contribution < -0.4 is 5.32 Å². The van der Waals surface area contributed by atoms with E-state index in [1.807, 2.05) is 0 Å². The highest BCUT2D eigenvalue weighted by molar-refractivity contribution is 6.54. The molecular formula is C24H13Cl2N5O3. The lowest BCUT2D eigenvalue weighted by Crippen LogP contribution is -2.14. The summed E-state index contributed by atoms with van der Waals surface area (Å²) in [6.07, 6.45) is 0. The molecule has 0 spiro atoms. The molecule has 3 aromatic carbocycles.